The van der Waals surface area contributed by atoms with Crippen LogP contribution >= 0.6 is 0 Å². The molecule has 0 radical (unpaired) electrons. The molecule has 2 aromatic rings. The number of hydrogen-bond acceptors (Lipinski definition) is 4. The highest BCUT2D eigenvalue weighted by Crippen LogP contribution is 2.18. The Morgan fingerprint density at radius 3 is 2.44 bits per heavy atom. The number of hydrogen-bond donors (Lipinski definition) is 0. The van der Waals surface area contributed by atoms with E-state index >= 15 is 0 Å². The predicted octanol–water partition coefficient (Wildman–Crippen LogP) is 1.74. The van der Waals surface area contributed by atoms with Gasteiger partial charge in [-0.15, -0.1) is 0 Å². The lowest BCUT2D eigenvalue weighted by Crippen LogP contribution is -2.53. The van der Waals surface area contributed by atoms with Crippen LogP contribution in [0.5, 0.6) is 0 Å². The van der Waals surface area contributed by atoms with Crippen LogP contribution in [-0.2, 0) is 16.0 Å². The summed E-state index contributed by atoms with van der Waals surface area (Å²) < 4.78 is 0. The molecule has 1 fully saturated rings. The number of aryl methyl sites for hydroxylation is 1. The normalized spacial score (nSPS) is 14.1. The summed E-state index contributed by atoms with van der Waals surface area (Å²) in [6.45, 7) is 5.20. The molecule has 0 spiro atoms. The van der Waals surface area contributed by atoms with E-state index in [1.165, 1.54) is 16.2 Å². The van der Waals surface area contributed by atoms with E-state index in [9.17, 15) is 9.59 Å². The van der Waals surface area contributed by atoms with Crippen molar-refractivity contribution in [2.24, 2.45) is 0 Å². The largest absolute Gasteiger partial charge is 0.368 e. The maximum atomic E-state index is 12.6. The van der Waals surface area contributed by atoms with E-state index in [-0.39, 0.29) is 0 Å². The first-order valence-corrected chi connectivity index (χ1v) is 9.29. The van der Waals surface area contributed by atoms with E-state index < -0.39 is 11.8 Å². The summed E-state index contributed by atoms with van der Waals surface area (Å²) in [4.78, 5) is 34.4. The van der Waals surface area contributed by atoms with E-state index in [2.05, 4.69) is 35.0 Å². The second-order valence-electron chi connectivity index (χ2n) is 6.95. The minimum absolute atomic E-state index is 0.406. The average Bonchev–Trinajstić information content (AvgIpc) is 2.72. The van der Waals surface area contributed by atoms with Crippen LogP contribution < -0.4 is 4.90 Å². The van der Waals surface area contributed by atoms with Crippen molar-refractivity contribution in [2.75, 3.05) is 44.7 Å². The quantitative estimate of drug-likeness (QED) is 0.774. The fourth-order valence-corrected chi connectivity index (χ4v) is 3.24. The van der Waals surface area contributed by atoms with Crippen LogP contribution in [-0.4, -0.2) is 66.4 Å². The van der Waals surface area contributed by atoms with Gasteiger partial charge in [-0.1, -0.05) is 12.1 Å². The monoisotopic (exact) mass is 366 g/mol. The van der Waals surface area contributed by atoms with Gasteiger partial charge < -0.3 is 14.7 Å². The molecule has 2 heterocycles. The molecule has 3 rings (SSSR count). The Hall–Kier alpha value is -2.89. The Kier molecular flexibility index (Phi) is 6.06. The van der Waals surface area contributed by atoms with Gasteiger partial charge in [0.15, 0.2) is 0 Å². The number of piperazine rings is 1. The van der Waals surface area contributed by atoms with E-state index in [0.29, 0.717) is 26.1 Å². The van der Waals surface area contributed by atoms with Crippen LogP contribution in [0, 0.1) is 6.92 Å². The Bertz CT molecular complexity index is 786. The van der Waals surface area contributed by atoms with E-state index in [4.69, 9.17) is 0 Å². The van der Waals surface area contributed by atoms with Gasteiger partial charge in [0.05, 0.1) is 0 Å². The molecule has 0 atom stereocenters. The molecule has 1 aliphatic rings. The molecule has 0 saturated carbocycles. The Morgan fingerprint density at radius 2 is 1.78 bits per heavy atom. The van der Waals surface area contributed by atoms with Crippen LogP contribution in [0.2, 0.25) is 0 Å². The third-order valence-electron chi connectivity index (χ3n) is 4.95. The Labute approximate surface area is 160 Å². The Morgan fingerprint density at radius 1 is 1.07 bits per heavy atom. The highest BCUT2D eigenvalue weighted by Gasteiger charge is 2.28. The van der Waals surface area contributed by atoms with Crippen molar-refractivity contribution >= 4 is 17.5 Å². The lowest BCUT2D eigenvalue weighted by atomic mass is 10.2. The molecular formula is C21H26N4O2. The van der Waals surface area contributed by atoms with Gasteiger partial charge in [-0.3, -0.25) is 14.6 Å². The molecule has 1 aromatic carbocycles. The lowest BCUT2D eigenvalue weighted by Gasteiger charge is -2.36. The van der Waals surface area contributed by atoms with Crippen LogP contribution in [0.25, 0.3) is 0 Å². The molecular weight excluding hydrogens is 340 g/mol. The minimum Gasteiger partial charge on any atom is -0.368 e. The van der Waals surface area contributed by atoms with E-state index in [1.807, 2.05) is 18.2 Å². The number of carbonyl (C=O) groups is 2. The molecule has 6 heteroatoms. The van der Waals surface area contributed by atoms with Crippen LogP contribution in [0.1, 0.15) is 11.1 Å². The standard InChI is InChI=1S/C21H26N4O2/c1-17-4-3-5-19(16-17)24-12-14-25(15-13-24)21(27)20(26)23(2)11-8-18-6-9-22-10-7-18/h3-7,9-10,16H,8,11-15H2,1-2H3. The van der Waals surface area contributed by atoms with Crippen molar-refractivity contribution < 1.29 is 9.59 Å². The third-order valence-corrected chi connectivity index (χ3v) is 4.95. The summed E-state index contributed by atoms with van der Waals surface area (Å²) >= 11 is 0. The molecule has 0 aliphatic carbocycles. The topological polar surface area (TPSA) is 56.8 Å². The summed E-state index contributed by atoms with van der Waals surface area (Å²) in [7, 11) is 1.68. The molecule has 1 saturated heterocycles. The van der Waals surface area contributed by atoms with Crippen LogP contribution in [0.15, 0.2) is 48.8 Å². The number of likely N-dealkylation sites (N-methyl/N-ethyl adjacent to an activating group) is 1. The maximum absolute atomic E-state index is 12.6. The number of benzene rings is 1. The molecule has 0 unspecified atom stereocenters. The minimum atomic E-state index is -0.437. The van der Waals surface area contributed by atoms with Crippen molar-refractivity contribution in [3.8, 4) is 0 Å². The molecule has 1 aliphatic heterocycles. The van der Waals surface area contributed by atoms with Gasteiger partial charge in [-0.05, 0) is 48.7 Å². The summed E-state index contributed by atoms with van der Waals surface area (Å²) in [5.74, 6) is -0.843. The zero-order chi connectivity index (χ0) is 19.2. The van der Waals surface area contributed by atoms with Crippen molar-refractivity contribution in [3.05, 3.63) is 59.9 Å². The van der Waals surface area contributed by atoms with Gasteiger partial charge in [-0.2, -0.15) is 0 Å². The molecule has 2 amide bonds. The summed E-state index contributed by atoms with van der Waals surface area (Å²) in [5, 5.41) is 0. The van der Waals surface area contributed by atoms with Gasteiger partial charge in [0.2, 0.25) is 0 Å². The van der Waals surface area contributed by atoms with Gasteiger partial charge in [0, 0.05) is 57.9 Å². The molecule has 27 heavy (non-hydrogen) atoms. The van der Waals surface area contributed by atoms with Crippen molar-refractivity contribution in [1.29, 1.82) is 0 Å². The highest BCUT2D eigenvalue weighted by atomic mass is 16.2. The first-order valence-electron chi connectivity index (χ1n) is 9.29. The van der Waals surface area contributed by atoms with Crippen molar-refractivity contribution in [2.45, 2.75) is 13.3 Å². The molecule has 6 nitrogen and oxygen atoms in total. The number of aromatic nitrogens is 1. The zero-order valence-corrected chi connectivity index (χ0v) is 16.0. The molecule has 142 valence electrons. The van der Waals surface area contributed by atoms with Gasteiger partial charge >= 0.3 is 11.8 Å². The lowest BCUT2D eigenvalue weighted by molar-refractivity contribution is -0.151. The molecule has 0 bridgehead atoms. The second kappa shape index (κ2) is 8.66. The van der Waals surface area contributed by atoms with Crippen molar-refractivity contribution in [3.63, 3.8) is 0 Å². The molecule has 0 N–H and O–H groups in total. The number of pyridine rings is 1. The summed E-state index contributed by atoms with van der Waals surface area (Å²) in [5.41, 5.74) is 3.49. The number of rotatable bonds is 4. The Balaban J connectivity index is 1.50. The number of anilines is 1. The third kappa shape index (κ3) is 4.84. The second-order valence-corrected chi connectivity index (χ2v) is 6.95. The van der Waals surface area contributed by atoms with Gasteiger partial charge in [0.25, 0.3) is 0 Å². The SMILES string of the molecule is Cc1cccc(N2CCN(C(=O)C(=O)N(C)CCc3ccncc3)CC2)c1. The molecule has 1 aromatic heterocycles. The average molecular weight is 366 g/mol. The fourth-order valence-electron chi connectivity index (χ4n) is 3.24. The van der Waals surface area contributed by atoms with Gasteiger partial charge in [-0.25, -0.2) is 0 Å². The predicted molar refractivity (Wildman–Crippen MR) is 106 cm³/mol. The first kappa shape index (κ1) is 18.9. The smallest absolute Gasteiger partial charge is 0.312 e. The first-order chi connectivity index (χ1) is 13.0. The van der Waals surface area contributed by atoms with Crippen LogP contribution in [0.3, 0.4) is 0 Å². The maximum Gasteiger partial charge on any atom is 0.312 e. The number of nitrogens with zero attached hydrogens (tertiary/aromatic N) is 4. The van der Waals surface area contributed by atoms with Crippen LogP contribution in [0.4, 0.5) is 5.69 Å². The fraction of sp³-hybridized carbons (Fsp3) is 0.381. The van der Waals surface area contributed by atoms with E-state index in [1.54, 1.807) is 24.3 Å². The van der Waals surface area contributed by atoms with Crippen molar-refractivity contribution in [1.82, 2.24) is 14.8 Å². The summed E-state index contributed by atoms with van der Waals surface area (Å²) in [6.07, 6.45) is 4.17. The number of carbonyl (C=O) groups excluding carboxylic acids is 2. The summed E-state index contributed by atoms with van der Waals surface area (Å²) in [6, 6.07) is 12.2. The van der Waals surface area contributed by atoms with E-state index in [0.717, 1.165) is 18.7 Å². The van der Waals surface area contributed by atoms with Gasteiger partial charge in [0.1, 0.15) is 0 Å². The zero-order valence-electron chi connectivity index (χ0n) is 16.0. The highest BCUT2D eigenvalue weighted by molar-refractivity contribution is 6.34. The number of amides is 2.